The van der Waals surface area contributed by atoms with E-state index < -0.39 is 0 Å². The number of rotatable bonds is 5. The molecule has 1 N–H and O–H groups in total. The second-order valence-electron chi connectivity index (χ2n) is 4.73. The van der Waals surface area contributed by atoms with Crippen LogP contribution in [-0.2, 0) is 0 Å². The lowest BCUT2D eigenvalue weighted by Gasteiger charge is -2.21. The maximum atomic E-state index is 14.2. The lowest BCUT2D eigenvalue weighted by molar-refractivity contribution is 0.546. The van der Waals surface area contributed by atoms with Gasteiger partial charge in [-0.1, -0.05) is 40.5 Å². The van der Waals surface area contributed by atoms with Crippen molar-refractivity contribution in [3.05, 3.63) is 67.3 Å². The average molecular weight is 436 g/mol. The van der Waals surface area contributed by atoms with E-state index in [0.29, 0.717) is 10.6 Å². The lowest BCUT2D eigenvalue weighted by atomic mass is 9.98. The van der Waals surface area contributed by atoms with Crippen molar-refractivity contribution in [2.45, 2.75) is 19.4 Å². The molecule has 0 aliphatic rings. The number of nitrogens with one attached hydrogen (secondary N) is 1. The minimum absolute atomic E-state index is 0.229. The van der Waals surface area contributed by atoms with Crippen LogP contribution in [0.15, 0.2) is 45.3 Å². The second kappa shape index (κ2) is 7.73. The first-order valence-electron chi connectivity index (χ1n) is 6.66. The molecule has 0 amide bonds. The van der Waals surface area contributed by atoms with Gasteiger partial charge in [-0.15, -0.1) is 0 Å². The van der Waals surface area contributed by atoms with E-state index in [4.69, 9.17) is 11.6 Å². The van der Waals surface area contributed by atoms with Crippen LogP contribution in [0.5, 0.6) is 0 Å². The Hall–Kier alpha value is -0.420. The predicted molar refractivity (Wildman–Crippen MR) is 93.4 cm³/mol. The van der Waals surface area contributed by atoms with Gasteiger partial charge in [-0.2, -0.15) is 0 Å². The zero-order valence-corrected chi connectivity index (χ0v) is 15.4. The zero-order chi connectivity index (χ0) is 15.4. The van der Waals surface area contributed by atoms with E-state index in [1.165, 1.54) is 6.07 Å². The van der Waals surface area contributed by atoms with Gasteiger partial charge in [0, 0.05) is 14.5 Å². The fourth-order valence-corrected chi connectivity index (χ4v) is 2.94. The Morgan fingerprint density at radius 2 is 1.95 bits per heavy atom. The highest BCUT2D eigenvalue weighted by Crippen LogP contribution is 2.31. The van der Waals surface area contributed by atoms with Crippen LogP contribution in [0, 0.1) is 5.82 Å². The molecule has 2 rings (SSSR count). The summed E-state index contributed by atoms with van der Waals surface area (Å²) in [6.45, 7) is 2.88. The van der Waals surface area contributed by atoms with Crippen LogP contribution < -0.4 is 5.32 Å². The van der Waals surface area contributed by atoms with Crippen molar-refractivity contribution in [3.8, 4) is 0 Å². The highest BCUT2D eigenvalue weighted by Gasteiger charge is 2.18. The molecule has 5 heteroatoms. The van der Waals surface area contributed by atoms with Crippen LogP contribution in [0.1, 0.15) is 30.5 Å². The van der Waals surface area contributed by atoms with E-state index in [0.717, 1.165) is 27.5 Å². The van der Waals surface area contributed by atoms with E-state index in [1.54, 1.807) is 12.1 Å². The fraction of sp³-hybridized carbons (Fsp3) is 0.250. The number of hydrogen-bond donors (Lipinski definition) is 1. The maximum absolute atomic E-state index is 14.2. The largest absolute Gasteiger partial charge is 0.306 e. The monoisotopic (exact) mass is 433 g/mol. The molecule has 0 spiro atoms. The van der Waals surface area contributed by atoms with Crippen LogP contribution in [-0.4, -0.2) is 6.54 Å². The normalized spacial score (nSPS) is 12.4. The van der Waals surface area contributed by atoms with E-state index in [9.17, 15) is 4.39 Å². The number of benzene rings is 2. The first-order valence-corrected chi connectivity index (χ1v) is 8.62. The Balaban J connectivity index is 2.46. The molecule has 0 heterocycles. The molecule has 1 unspecified atom stereocenters. The summed E-state index contributed by atoms with van der Waals surface area (Å²) in [4.78, 5) is 0. The minimum atomic E-state index is -0.231. The van der Waals surface area contributed by atoms with Crippen molar-refractivity contribution in [2.75, 3.05) is 6.54 Å². The van der Waals surface area contributed by atoms with Gasteiger partial charge < -0.3 is 5.32 Å². The molecule has 1 atom stereocenters. The fourth-order valence-electron chi connectivity index (χ4n) is 2.12. The van der Waals surface area contributed by atoms with Crippen LogP contribution in [0.3, 0.4) is 0 Å². The van der Waals surface area contributed by atoms with Gasteiger partial charge in [-0.05, 0) is 64.8 Å². The summed E-state index contributed by atoms with van der Waals surface area (Å²) >= 11 is 13.0. The molecular weight excluding hydrogens is 420 g/mol. The summed E-state index contributed by atoms with van der Waals surface area (Å²) in [5.41, 5.74) is 1.55. The number of hydrogen-bond acceptors (Lipinski definition) is 1. The zero-order valence-electron chi connectivity index (χ0n) is 11.5. The van der Waals surface area contributed by atoms with Crippen molar-refractivity contribution < 1.29 is 4.39 Å². The smallest absolute Gasteiger partial charge is 0.128 e. The van der Waals surface area contributed by atoms with Gasteiger partial charge in [0.05, 0.1) is 11.1 Å². The molecule has 0 saturated heterocycles. The molecule has 0 fully saturated rings. The van der Waals surface area contributed by atoms with E-state index in [2.05, 4.69) is 44.1 Å². The van der Waals surface area contributed by atoms with Gasteiger partial charge in [-0.3, -0.25) is 0 Å². The second-order valence-corrected chi connectivity index (χ2v) is 6.90. The van der Waals surface area contributed by atoms with Gasteiger partial charge in [0.2, 0.25) is 0 Å². The van der Waals surface area contributed by atoms with Crippen molar-refractivity contribution >= 4 is 43.5 Å². The molecule has 2 aromatic rings. The molecular formula is C16H15Br2ClFN. The summed E-state index contributed by atoms with van der Waals surface area (Å²) in [5, 5.41) is 4.00. The lowest BCUT2D eigenvalue weighted by Crippen LogP contribution is -2.24. The van der Waals surface area contributed by atoms with Gasteiger partial charge in [0.15, 0.2) is 0 Å². The van der Waals surface area contributed by atoms with Crippen LogP contribution in [0.2, 0.25) is 5.02 Å². The third kappa shape index (κ3) is 4.28. The van der Waals surface area contributed by atoms with E-state index >= 15 is 0 Å². The SMILES string of the molecule is CCCNC(c1ccc(Br)c(Cl)c1)c1cc(Br)ccc1F. The van der Waals surface area contributed by atoms with Crippen LogP contribution in [0.25, 0.3) is 0 Å². The minimum Gasteiger partial charge on any atom is -0.306 e. The quantitative estimate of drug-likeness (QED) is 0.599. The molecule has 0 saturated carbocycles. The molecule has 2 aromatic carbocycles. The van der Waals surface area contributed by atoms with E-state index in [1.807, 2.05) is 18.2 Å². The van der Waals surface area contributed by atoms with Crippen molar-refractivity contribution in [1.29, 1.82) is 0 Å². The third-order valence-corrected chi connectivity index (χ3v) is 4.87. The van der Waals surface area contributed by atoms with Crippen molar-refractivity contribution in [2.24, 2.45) is 0 Å². The topological polar surface area (TPSA) is 12.0 Å². The predicted octanol–water partition coefficient (Wildman–Crippen LogP) is 6.09. The first kappa shape index (κ1) is 16.9. The molecule has 21 heavy (non-hydrogen) atoms. The van der Waals surface area contributed by atoms with Gasteiger partial charge in [0.25, 0.3) is 0 Å². The molecule has 0 aliphatic heterocycles. The summed E-state index contributed by atoms with van der Waals surface area (Å²) < 4.78 is 15.9. The average Bonchev–Trinajstić information content (AvgIpc) is 2.46. The van der Waals surface area contributed by atoms with Crippen LogP contribution >= 0.6 is 43.5 Å². The highest BCUT2D eigenvalue weighted by molar-refractivity contribution is 9.10. The van der Waals surface area contributed by atoms with Gasteiger partial charge in [-0.25, -0.2) is 4.39 Å². The Kier molecular flexibility index (Phi) is 6.23. The Bertz CT molecular complexity index is 634. The first-order chi connectivity index (χ1) is 10.0. The Morgan fingerprint density at radius 3 is 2.62 bits per heavy atom. The molecule has 1 nitrogen and oxygen atoms in total. The summed E-state index contributed by atoms with van der Waals surface area (Å²) in [6, 6.07) is 10.4. The third-order valence-electron chi connectivity index (χ3n) is 3.14. The Labute approximate surface area is 146 Å². The van der Waals surface area contributed by atoms with E-state index in [-0.39, 0.29) is 11.9 Å². The van der Waals surface area contributed by atoms with Crippen molar-refractivity contribution in [1.82, 2.24) is 5.32 Å². The highest BCUT2D eigenvalue weighted by atomic mass is 79.9. The molecule has 112 valence electrons. The van der Waals surface area contributed by atoms with Crippen molar-refractivity contribution in [3.63, 3.8) is 0 Å². The molecule has 0 aromatic heterocycles. The Morgan fingerprint density at radius 1 is 1.19 bits per heavy atom. The molecule has 0 bridgehead atoms. The van der Waals surface area contributed by atoms with Crippen LogP contribution in [0.4, 0.5) is 4.39 Å². The summed E-state index contributed by atoms with van der Waals surface area (Å²) in [7, 11) is 0. The molecule has 0 radical (unpaired) electrons. The summed E-state index contributed by atoms with van der Waals surface area (Å²) in [5.74, 6) is -0.231. The summed E-state index contributed by atoms with van der Waals surface area (Å²) in [6.07, 6.45) is 0.969. The molecule has 0 aliphatic carbocycles. The standard InChI is InChI=1S/C16H15Br2ClFN/c1-2-7-21-16(10-3-5-13(18)14(19)8-10)12-9-11(17)4-6-15(12)20/h3-6,8-9,16,21H,2,7H2,1H3. The van der Waals surface area contributed by atoms with Gasteiger partial charge >= 0.3 is 0 Å². The number of halogens is 4. The maximum Gasteiger partial charge on any atom is 0.128 e. The van der Waals surface area contributed by atoms with Gasteiger partial charge in [0.1, 0.15) is 5.82 Å².